The van der Waals surface area contributed by atoms with Gasteiger partial charge in [-0.15, -0.1) is 0 Å². The van der Waals surface area contributed by atoms with Crippen LogP contribution in [0.3, 0.4) is 0 Å². The molecule has 58 valence electrons. The fraction of sp³-hybridized carbons (Fsp3) is 0.286. The second-order valence-corrected chi connectivity index (χ2v) is 4.03. The van der Waals surface area contributed by atoms with Gasteiger partial charge in [0, 0.05) is 6.54 Å². The van der Waals surface area contributed by atoms with Crippen molar-refractivity contribution in [1.82, 2.24) is 4.90 Å². The fourth-order valence-electron chi connectivity index (χ4n) is 1.17. The molecule has 2 nitrogen and oxygen atoms in total. The molecule has 0 spiro atoms. The van der Waals surface area contributed by atoms with Gasteiger partial charge in [-0.05, 0) is 44.0 Å². The molecule has 4 heteroatoms. The Morgan fingerprint density at radius 3 is 2.91 bits per heavy atom. The van der Waals surface area contributed by atoms with E-state index in [1.54, 1.807) is 0 Å². The van der Waals surface area contributed by atoms with Gasteiger partial charge in [-0.1, -0.05) is 0 Å². The maximum atomic E-state index is 4.35. The first-order chi connectivity index (χ1) is 5.29. The van der Waals surface area contributed by atoms with Crippen LogP contribution in [-0.2, 0) is 0 Å². The number of allylic oxidation sites excluding steroid dienone is 2. The normalized spacial score (nSPS) is 22.4. The van der Waals surface area contributed by atoms with Crippen LogP contribution in [0.1, 0.15) is 0 Å². The average Bonchev–Trinajstić information content (AvgIpc) is 2.45. The molecule has 0 aromatic carbocycles. The molecule has 0 N–H and O–H groups in total. The third kappa shape index (κ3) is 1.18. The van der Waals surface area contributed by atoms with Gasteiger partial charge in [0.1, 0.15) is 5.84 Å². The predicted octanol–water partition coefficient (Wildman–Crippen LogP) is 2.23. The van der Waals surface area contributed by atoms with Crippen LogP contribution in [0, 0.1) is 0 Å². The molecular formula is C7H6Br2N2. The second-order valence-electron chi connectivity index (χ2n) is 2.36. The standard InChI is InChI=1S/C7H6Br2N2/c8-5-1-2-6(9)11-4-3-10-7(5)11/h1-2H,3-4H2. The van der Waals surface area contributed by atoms with Crippen molar-refractivity contribution in [3.05, 3.63) is 21.2 Å². The Labute approximate surface area is 81.9 Å². The average molecular weight is 278 g/mol. The van der Waals surface area contributed by atoms with Gasteiger partial charge in [0.2, 0.25) is 0 Å². The number of aliphatic imine (C=N–C) groups is 1. The van der Waals surface area contributed by atoms with Crippen molar-refractivity contribution in [2.24, 2.45) is 4.99 Å². The summed E-state index contributed by atoms with van der Waals surface area (Å²) in [6.07, 6.45) is 4.03. The number of nitrogens with zero attached hydrogens (tertiary/aromatic N) is 2. The van der Waals surface area contributed by atoms with Crippen molar-refractivity contribution in [3.8, 4) is 0 Å². The molecule has 2 aliphatic heterocycles. The first kappa shape index (κ1) is 7.55. The Kier molecular flexibility index (Phi) is 1.89. The van der Waals surface area contributed by atoms with Crippen LogP contribution in [0.2, 0.25) is 0 Å². The highest BCUT2D eigenvalue weighted by Crippen LogP contribution is 2.27. The van der Waals surface area contributed by atoms with Gasteiger partial charge in [0.05, 0.1) is 15.6 Å². The molecule has 0 aromatic rings. The molecular weight excluding hydrogens is 272 g/mol. The highest BCUT2D eigenvalue weighted by atomic mass is 79.9. The third-order valence-corrected chi connectivity index (χ3v) is 2.99. The summed E-state index contributed by atoms with van der Waals surface area (Å²) in [6.45, 7) is 1.87. The van der Waals surface area contributed by atoms with E-state index in [1.807, 2.05) is 12.2 Å². The molecule has 0 unspecified atom stereocenters. The van der Waals surface area contributed by atoms with E-state index >= 15 is 0 Å². The summed E-state index contributed by atoms with van der Waals surface area (Å²) < 4.78 is 2.16. The van der Waals surface area contributed by atoms with Gasteiger partial charge in [0.25, 0.3) is 0 Å². The summed E-state index contributed by atoms with van der Waals surface area (Å²) in [5, 5.41) is 0. The minimum Gasteiger partial charge on any atom is -0.318 e. The van der Waals surface area contributed by atoms with Crippen molar-refractivity contribution in [3.63, 3.8) is 0 Å². The van der Waals surface area contributed by atoms with E-state index < -0.39 is 0 Å². The van der Waals surface area contributed by atoms with Crippen LogP contribution >= 0.6 is 31.9 Å². The maximum Gasteiger partial charge on any atom is 0.143 e. The first-order valence-electron chi connectivity index (χ1n) is 3.34. The van der Waals surface area contributed by atoms with Gasteiger partial charge in [-0.25, -0.2) is 0 Å². The lowest BCUT2D eigenvalue weighted by Gasteiger charge is -2.21. The molecule has 2 heterocycles. The predicted molar refractivity (Wildman–Crippen MR) is 53.0 cm³/mol. The van der Waals surface area contributed by atoms with E-state index in [9.17, 15) is 0 Å². The van der Waals surface area contributed by atoms with Gasteiger partial charge in [-0.3, -0.25) is 4.99 Å². The number of rotatable bonds is 0. The summed E-state index contributed by atoms with van der Waals surface area (Å²) in [5.74, 6) is 1.04. The minimum atomic E-state index is 0.890. The smallest absolute Gasteiger partial charge is 0.143 e. The van der Waals surface area contributed by atoms with E-state index in [-0.39, 0.29) is 0 Å². The maximum absolute atomic E-state index is 4.35. The molecule has 0 saturated carbocycles. The summed E-state index contributed by atoms with van der Waals surface area (Å²) in [7, 11) is 0. The molecule has 2 aliphatic rings. The Hall–Kier alpha value is -0.0900. The molecule has 0 aromatic heterocycles. The Morgan fingerprint density at radius 2 is 2.18 bits per heavy atom. The zero-order valence-corrected chi connectivity index (χ0v) is 8.89. The van der Waals surface area contributed by atoms with E-state index in [0.717, 1.165) is 28.0 Å². The molecule has 0 fully saturated rings. The third-order valence-electron chi connectivity index (χ3n) is 1.68. The Morgan fingerprint density at radius 1 is 1.36 bits per heavy atom. The summed E-state index contributed by atoms with van der Waals surface area (Å²) in [4.78, 5) is 6.49. The number of fused-ring (bicyclic) bond motifs is 1. The van der Waals surface area contributed by atoms with Crippen molar-refractivity contribution < 1.29 is 0 Å². The van der Waals surface area contributed by atoms with Crippen LogP contribution in [0.25, 0.3) is 0 Å². The van der Waals surface area contributed by atoms with Gasteiger partial charge in [0.15, 0.2) is 0 Å². The van der Waals surface area contributed by atoms with Crippen LogP contribution in [-0.4, -0.2) is 23.8 Å². The Bertz CT molecular complexity index is 278. The van der Waals surface area contributed by atoms with Gasteiger partial charge >= 0.3 is 0 Å². The first-order valence-corrected chi connectivity index (χ1v) is 4.93. The fourth-order valence-corrected chi connectivity index (χ4v) is 2.12. The van der Waals surface area contributed by atoms with E-state index in [1.165, 1.54) is 0 Å². The molecule has 11 heavy (non-hydrogen) atoms. The molecule has 0 bridgehead atoms. The zero-order chi connectivity index (χ0) is 7.84. The topological polar surface area (TPSA) is 15.6 Å². The monoisotopic (exact) mass is 276 g/mol. The SMILES string of the molecule is BrC1=CC=C(Br)N2CCN=C12. The van der Waals surface area contributed by atoms with Crippen molar-refractivity contribution >= 4 is 37.7 Å². The minimum absolute atomic E-state index is 0.890. The molecule has 2 rings (SSSR count). The van der Waals surface area contributed by atoms with Crippen LogP contribution in [0.4, 0.5) is 0 Å². The number of halogens is 2. The van der Waals surface area contributed by atoms with Crippen LogP contribution < -0.4 is 0 Å². The van der Waals surface area contributed by atoms with Crippen molar-refractivity contribution in [2.45, 2.75) is 0 Å². The number of hydrogen-bond donors (Lipinski definition) is 0. The van der Waals surface area contributed by atoms with Crippen LogP contribution in [0.5, 0.6) is 0 Å². The largest absolute Gasteiger partial charge is 0.318 e. The number of hydrogen-bond acceptors (Lipinski definition) is 2. The number of amidine groups is 1. The summed E-state index contributed by atoms with van der Waals surface area (Å²) in [5.41, 5.74) is 0. The highest BCUT2D eigenvalue weighted by Gasteiger charge is 2.23. The molecule has 0 radical (unpaired) electrons. The molecule has 0 saturated heterocycles. The van der Waals surface area contributed by atoms with E-state index in [2.05, 4.69) is 41.8 Å². The van der Waals surface area contributed by atoms with Gasteiger partial charge in [-0.2, -0.15) is 0 Å². The lowest BCUT2D eigenvalue weighted by molar-refractivity contribution is 0.601. The lowest BCUT2D eigenvalue weighted by Crippen LogP contribution is -2.26. The molecule has 0 aliphatic carbocycles. The molecule has 0 amide bonds. The van der Waals surface area contributed by atoms with Crippen LogP contribution in [0.15, 0.2) is 26.2 Å². The van der Waals surface area contributed by atoms with Crippen molar-refractivity contribution in [2.75, 3.05) is 13.1 Å². The lowest BCUT2D eigenvalue weighted by atomic mass is 10.3. The summed E-state index contributed by atoms with van der Waals surface area (Å²) in [6, 6.07) is 0. The Balaban J connectivity index is 2.42. The molecule has 0 atom stereocenters. The van der Waals surface area contributed by atoms with Crippen molar-refractivity contribution in [1.29, 1.82) is 0 Å². The highest BCUT2D eigenvalue weighted by molar-refractivity contribution is 9.12. The van der Waals surface area contributed by atoms with Gasteiger partial charge < -0.3 is 4.90 Å². The van der Waals surface area contributed by atoms with E-state index in [4.69, 9.17) is 0 Å². The van der Waals surface area contributed by atoms with E-state index in [0.29, 0.717) is 0 Å². The second kappa shape index (κ2) is 2.75. The quantitative estimate of drug-likeness (QED) is 0.620. The summed E-state index contributed by atoms with van der Waals surface area (Å²) >= 11 is 6.91. The zero-order valence-electron chi connectivity index (χ0n) is 5.72.